The highest BCUT2D eigenvalue weighted by atomic mass is 32.1. The third kappa shape index (κ3) is 3.07. The van der Waals surface area contributed by atoms with Crippen LogP contribution in [0.1, 0.15) is 44.5 Å². The second-order valence-corrected chi connectivity index (χ2v) is 6.49. The molecular weight excluding hydrogens is 312 g/mol. The zero-order valence-electron chi connectivity index (χ0n) is 12.8. The van der Waals surface area contributed by atoms with Crippen molar-refractivity contribution in [2.24, 2.45) is 0 Å². The molecular formula is C17H18N2O3S. The molecule has 0 spiro atoms. The number of ether oxygens (including phenoxy) is 1. The average Bonchev–Trinajstić information content (AvgIpc) is 3.07. The molecule has 1 aromatic carbocycles. The van der Waals surface area contributed by atoms with Gasteiger partial charge in [-0.25, -0.2) is 4.79 Å². The lowest BCUT2D eigenvalue weighted by molar-refractivity contribution is 0.0526. The number of aryl methyl sites for hydroxylation is 1. The molecule has 0 radical (unpaired) electrons. The van der Waals surface area contributed by atoms with E-state index in [1.54, 1.807) is 31.2 Å². The number of benzene rings is 1. The van der Waals surface area contributed by atoms with Crippen molar-refractivity contribution in [3.05, 3.63) is 45.8 Å². The minimum atomic E-state index is -0.370. The molecule has 2 aromatic rings. The third-order valence-corrected chi connectivity index (χ3v) is 4.95. The number of hydrogen-bond acceptors (Lipinski definition) is 5. The van der Waals surface area contributed by atoms with Crippen LogP contribution >= 0.6 is 11.3 Å². The van der Waals surface area contributed by atoms with E-state index < -0.39 is 0 Å². The van der Waals surface area contributed by atoms with E-state index in [-0.39, 0.29) is 11.9 Å². The maximum absolute atomic E-state index is 12.5. The van der Waals surface area contributed by atoms with Crippen LogP contribution in [0.15, 0.2) is 24.3 Å². The smallest absolute Gasteiger partial charge is 0.338 e. The molecule has 0 atom stereocenters. The van der Waals surface area contributed by atoms with Crippen molar-refractivity contribution in [1.82, 2.24) is 0 Å². The van der Waals surface area contributed by atoms with Crippen molar-refractivity contribution in [3.63, 3.8) is 0 Å². The number of carbonyl (C=O) groups excluding carboxylic acids is 2. The van der Waals surface area contributed by atoms with Gasteiger partial charge in [-0.15, -0.1) is 11.3 Å². The standard InChI is InChI=1S/C17H18N2O3S/c1-2-22-17(21)10-6-8-11(9-7-10)19-16(20)14-12-4-3-5-13(12)23-15(14)18/h6-9H,2-5,18H2,1H3,(H,19,20). The van der Waals surface area contributed by atoms with Crippen LogP contribution < -0.4 is 11.1 Å². The van der Waals surface area contributed by atoms with Crippen molar-refractivity contribution >= 4 is 33.9 Å². The Morgan fingerprint density at radius 3 is 2.70 bits per heavy atom. The minimum Gasteiger partial charge on any atom is -0.462 e. The highest BCUT2D eigenvalue weighted by Gasteiger charge is 2.25. The Morgan fingerprint density at radius 1 is 1.26 bits per heavy atom. The van der Waals surface area contributed by atoms with Crippen molar-refractivity contribution in [3.8, 4) is 0 Å². The molecule has 0 unspecified atom stereocenters. The van der Waals surface area contributed by atoms with Crippen molar-refractivity contribution < 1.29 is 14.3 Å². The maximum Gasteiger partial charge on any atom is 0.338 e. The number of rotatable bonds is 4. The summed E-state index contributed by atoms with van der Waals surface area (Å²) in [5.41, 5.74) is 8.78. The molecule has 6 heteroatoms. The first-order valence-electron chi connectivity index (χ1n) is 7.58. The first-order valence-corrected chi connectivity index (χ1v) is 8.40. The van der Waals surface area contributed by atoms with Crippen molar-refractivity contribution in [2.75, 3.05) is 17.7 Å². The number of nitrogens with one attached hydrogen (secondary N) is 1. The van der Waals surface area contributed by atoms with Gasteiger partial charge in [0, 0.05) is 10.6 Å². The zero-order valence-corrected chi connectivity index (χ0v) is 13.7. The van der Waals surface area contributed by atoms with Gasteiger partial charge in [0.25, 0.3) is 5.91 Å². The second kappa shape index (κ2) is 6.42. The predicted octanol–water partition coefficient (Wildman–Crippen LogP) is 3.25. The molecule has 1 amide bonds. The Labute approximate surface area is 138 Å². The average molecular weight is 330 g/mol. The number of thiophene rings is 1. The van der Waals surface area contributed by atoms with E-state index in [0.717, 1.165) is 24.8 Å². The Morgan fingerprint density at radius 2 is 2.00 bits per heavy atom. The highest BCUT2D eigenvalue weighted by Crippen LogP contribution is 2.37. The van der Waals surface area contributed by atoms with Crippen molar-refractivity contribution in [2.45, 2.75) is 26.2 Å². The van der Waals surface area contributed by atoms with Crippen LogP contribution in [-0.2, 0) is 17.6 Å². The van der Waals surface area contributed by atoms with Crippen LogP contribution in [0.5, 0.6) is 0 Å². The third-order valence-electron chi connectivity index (χ3n) is 3.83. The second-order valence-electron chi connectivity index (χ2n) is 5.35. The number of carbonyl (C=O) groups is 2. The molecule has 0 aliphatic heterocycles. The predicted molar refractivity (Wildman–Crippen MR) is 91.1 cm³/mol. The fraction of sp³-hybridized carbons (Fsp3) is 0.294. The maximum atomic E-state index is 12.5. The molecule has 1 heterocycles. The summed E-state index contributed by atoms with van der Waals surface area (Å²) in [6.45, 7) is 2.09. The molecule has 5 nitrogen and oxygen atoms in total. The number of hydrogen-bond donors (Lipinski definition) is 2. The SMILES string of the molecule is CCOC(=O)c1ccc(NC(=O)c2c(N)sc3c2CCC3)cc1. The number of nitrogen functional groups attached to an aromatic ring is 1. The van der Waals surface area contributed by atoms with Crippen LogP contribution in [0.3, 0.4) is 0 Å². The molecule has 120 valence electrons. The van der Waals surface area contributed by atoms with Gasteiger partial charge in [0.15, 0.2) is 0 Å². The summed E-state index contributed by atoms with van der Waals surface area (Å²) < 4.78 is 4.93. The summed E-state index contributed by atoms with van der Waals surface area (Å²) >= 11 is 1.51. The number of amides is 1. The quantitative estimate of drug-likeness (QED) is 0.843. The normalized spacial score (nSPS) is 12.7. The highest BCUT2D eigenvalue weighted by molar-refractivity contribution is 7.16. The van der Waals surface area contributed by atoms with Gasteiger partial charge in [0.05, 0.1) is 22.7 Å². The summed E-state index contributed by atoms with van der Waals surface area (Å²) in [5.74, 6) is -0.559. The molecule has 0 saturated heterocycles. The number of anilines is 2. The van der Waals surface area contributed by atoms with Gasteiger partial charge in [0.1, 0.15) is 0 Å². The van der Waals surface area contributed by atoms with E-state index in [1.165, 1.54) is 16.2 Å². The summed E-state index contributed by atoms with van der Waals surface area (Å²) in [6, 6.07) is 6.64. The molecule has 1 aliphatic carbocycles. The lowest BCUT2D eigenvalue weighted by atomic mass is 10.1. The molecule has 0 saturated carbocycles. The van der Waals surface area contributed by atoms with Crippen molar-refractivity contribution in [1.29, 1.82) is 0 Å². The molecule has 0 bridgehead atoms. The Kier molecular flexibility index (Phi) is 4.34. The molecule has 3 rings (SSSR count). The van der Waals surface area contributed by atoms with Gasteiger partial charge < -0.3 is 15.8 Å². The fourth-order valence-electron chi connectivity index (χ4n) is 2.77. The lowest BCUT2D eigenvalue weighted by Gasteiger charge is -2.07. The summed E-state index contributed by atoms with van der Waals surface area (Å²) in [6.07, 6.45) is 3.00. The van der Waals surface area contributed by atoms with Gasteiger partial charge >= 0.3 is 5.97 Å². The zero-order chi connectivity index (χ0) is 16.4. The van der Waals surface area contributed by atoms with E-state index in [2.05, 4.69) is 5.32 Å². The summed E-state index contributed by atoms with van der Waals surface area (Å²) in [7, 11) is 0. The molecule has 1 aromatic heterocycles. The molecule has 3 N–H and O–H groups in total. The van der Waals surface area contributed by atoms with E-state index in [4.69, 9.17) is 10.5 Å². The first-order chi connectivity index (χ1) is 11.1. The van der Waals surface area contributed by atoms with E-state index in [1.807, 2.05) is 0 Å². The largest absolute Gasteiger partial charge is 0.462 e. The lowest BCUT2D eigenvalue weighted by Crippen LogP contribution is -2.14. The van der Waals surface area contributed by atoms with E-state index in [0.29, 0.717) is 28.4 Å². The Hall–Kier alpha value is -2.34. The number of esters is 1. The molecule has 0 fully saturated rings. The number of fused-ring (bicyclic) bond motifs is 1. The van der Waals surface area contributed by atoms with E-state index >= 15 is 0 Å². The van der Waals surface area contributed by atoms with Crippen LogP contribution in [0.25, 0.3) is 0 Å². The van der Waals surface area contributed by atoms with Crippen LogP contribution in [0.4, 0.5) is 10.7 Å². The Bertz CT molecular complexity index is 750. The van der Waals surface area contributed by atoms with Gasteiger partial charge in [-0.3, -0.25) is 4.79 Å². The van der Waals surface area contributed by atoms with Gasteiger partial charge in [-0.1, -0.05) is 0 Å². The first kappa shape index (κ1) is 15.6. The van der Waals surface area contributed by atoms with Crippen LogP contribution in [0.2, 0.25) is 0 Å². The minimum absolute atomic E-state index is 0.189. The monoisotopic (exact) mass is 330 g/mol. The van der Waals surface area contributed by atoms with Gasteiger partial charge in [-0.2, -0.15) is 0 Å². The van der Waals surface area contributed by atoms with Crippen LogP contribution in [-0.4, -0.2) is 18.5 Å². The van der Waals surface area contributed by atoms with Gasteiger partial charge in [0.2, 0.25) is 0 Å². The Balaban J connectivity index is 1.75. The molecule has 23 heavy (non-hydrogen) atoms. The topological polar surface area (TPSA) is 81.4 Å². The number of nitrogens with two attached hydrogens (primary N) is 1. The van der Waals surface area contributed by atoms with Gasteiger partial charge in [-0.05, 0) is 56.0 Å². The summed E-state index contributed by atoms with van der Waals surface area (Å²) in [4.78, 5) is 25.3. The van der Waals surface area contributed by atoms with E-state index in [9.17, 15) is 9.59 Å². The molecule has 1 aliphatic rings. The van der Waals surface area contributed by atoms with Crippen LogP contribution in [0, 0.1) is 0 Å². The summed E-state index contributed by atoms with van der Waals surface area (Å²) in [5, 5.41) is 3.43. The fourth-order valence-corrected chi connectivity index (χ4v) is 3.93.